The van der Waals surface area contributed by atoms with Crippen LogP contribution in [-0.2, 0) is 0 Å². The maximum absolute atomic E-state index is 8.75. The monoisotopic (exact) mass is 311 g/mol. The lowest BCUT2D eigenvalue weighted by atomic mass is 9.86. The lowest BCUT2D eigenvalue weighted by molar-refractivity contribution is 0.304. The highest BCUT2D eigenvalue weighted by atomic mass is 32.1. The third kappa shape index (κ3) is 5.32. The van der Waals surface area contributed by atoms with Gasteiger partial charge < -0.3 is 16.3 Å². The van der Waals surface area contributed by atoms with Gasteiger partial charge in [0.15, 0.2) is 0 Å². The molecule has 0 spiro atoms. The molecule has 1 heterocycles. The standard InChI is InChI=1S/C16H29N3OS/c1-11-10-14(13(3)21-11)12(2)18-9-7-6-8-16(4,5)15(17)19-20/h10,12,18,20H,6-9H2,1-5H3,(H2,17,19). The minimum atomic E-state index is -0.235. The molecule has 0 aliphatic heterocycles. The summed E-state index contributed by atoms with van der Waals surface area (Å²) in [4.78, 5) is 2.78. The van der Waals surface area contributed by atoms with E-state index in [4.69, 9.17) is 10.9 Å². The number of nitrogens with one attached hydrogen (secondary N) is 1. The van der Waals surface area contributed by atoms with Crippen molar-refractivity contribution in [3.8, 4) is 0 Å². The van der Waals surface area contributed by atoms with Crippen LogP contribution in [0.1, 0.15) is 61.4 Å². The predicted octanol–water partition coefficient (Wildman–Crippen LogP) is 3.96. The highest BCUT2D eigenvalue weighted by molar-refractivity contribution is 7.12. The van der Waals surface area contributed by atoms with Gasteiger partial charge in [-0.25, -0.2) is 0 Å². The molecule has 0 bridgehead atoms. The van der Waals surface area contributed by atoms with Crippen LogP contribution < -0.4 is 11.1 Å². The van der Waals surface area contributed by atoms with E-state index in [9.17, 15) is 0 Å². The molecule has 21 heavy (non-hydrogen) atoms. The molecule has 0 fully saturated rings. The average molecular weight is 311 g/mol. The smallest absolute Gasteiger partial charge is 0.144 e. The van der Waals surface area contributed by atoms with Gasteiger partial charge in [-0.1, -0.05) is 25.4 Å². The Morgan fingerprint density at radius 1 is 1.43 bits per heavy atom. The van der Waals surface area contributed by atoms with Gasteiger partial charge in [0.1, 0.15) is 5.84 Å². The molecule has 0 amide bonds. The van der Waals surface area contributed by atoms with Crippen molar-refractivity contribution in [3.63, 3.8) is 0 Å². The van der Waals surface area contributed by atoms with Crippen molar-refractivity contribution < 1.29 is 5.21 Å². The number of unbranched alkanes of at least 4 members (excludes halogenated alkanes) is 1. The third-order valence-electron chi connectivity index (χ3n) is 4.03. The van der Waals surface area contributed by atoms with Crippen molar-refractivity contribution in [2.24, 2.45) is 16.3 Å². The molecule has 0 saturated heterocycles. The van der Waals surface area contributed by atoms with Gasteiger partial charge in [0, 0.05) is 21.2 Å². The molecule has 0 aliphatic carbocycles. The molecule has 0 aliphatic rings. The lowest BCUT2D eigenvalue weighted by Gasteiger charge is -2.22. The fourth-order valence-corrected chi connectivity index (χ4v) is 3.49. The summed E-state index contributed by atoms with van der Waals surface area (Å²) in [6, 6.07) is 2.67. The van der Waals surface area contributed by atoms with Crippen molar-refractivity contribution in [2.75, 3.05) is 6.54 Å². The fourth-order valence-electron chi connectivity index (χ4n) is 2.46. The largest absolute Gasteiger partial charge is 0.409 e. The highest BCUT2D eigenvalue weighted by Crippen LogP contribution is 2.26. The number of nitrogens with zero attached hydrogens (tertiary/aromatic N) is 1. The first-order chi connectivity index (χ1) is 9.77. The van der Waals surface area contributed by atoms with E-state index >= 15 is 0 Å². The van der Waals surface area contributed by atoms with Crippen LogP contribution in [0, 0.1) is 19.3 Å². The molecule has 1 aromatic heterocycles. The Labute approximate surface area is 132 Å². The van der Waals surface area contributed by atoms with Gasteiger partial charge in [-0.05, 0) is 51.8 Å². The lowest BCUT2D eigenvalue weighted by Crippen LogP contribution is -2.32. The predicted molar refractivity (Wildman–Crippen MR) is 91.3 cm³/mol. The van der Waals surface area contributed by atoms with Gasteiger partial charge in [-0.3, -0.25) is 0 Å². The Kier molecular flexibility index (Phi) is 6.68. The highest BCUT2D eigenvalue weighted by Gasteiger charge is 2.22. The third-order valence-corrected chi connectivity index (χ3v) is 5.01. The Morgan fingerprint density at radius 2 is 2.10 bits per heavy atom. The molecule has 1 unspecified atom stereocenters. The van der Waals surface area contributed by atoms with Crippen LogP contribution in [0.25, 0.3) is 0 Å². The molecular weight excluding hydrogens is 282 g/mol. The second kappa shape index (κ2) is 7.80. The normalized spacial score (nSPS) is 14.4. The maximum Gasteiger partial charge on any atom is 0.144 e. The van der Waals surface area contributed by atoms with E-state index < -0.39 is 0 Å². The quantitative estimate of drug-likeness (QED) is 0.224. The molecule has 1 aromatic rings. The topological polar surface area (TPSA) is 70.6 Å². The van der Waals surface area contributed by atoms with E-state index in [1.807, 2.05) is 25.2 Å². The van der Waals surface area contributed by atoms with Crippen LogP contribution >= 0.6 is 11.3 Å². The molecule has 1 atom stereocenters. The van der Waals surface area contributed by atoms with Gasteiger partial charge in [0.2, 0.25) is 0 Å². The Bertz CT molecular complexity index is 480. The first-order valence-electron chi connectivity index (χ1n) is 7.56. The summed E-state index contributed by atoms with van der Waals surface area (Å²) in [5, 5.41) is 15.4. The molecule has 0 radical (unpaired) electrons. The zero-order chi connectivity index (χ0) is 16.0. The van der Waals surface area contributed by atoms with Crippen LogP contribution in [0.5, 0.6) is 0 Å². The fraction of sp³-hybridized carbons (Fsp3) is 0.688. The van der Waals surface area contributed by atoms with Crippen molar-refractivity contribution in [1.29, 1.82) is 0 Å². The first kappa shape index (κ1) is 18.0. The summed E-state index contributed by atoms with van der Waals surface area (Å²) >= 11 is 1.86. The number of aryl methyl sites for hydroxylation is 2. The molecule has 0 saturated carbocycles. The molecule has 0 aromatic carbocycles. The Morgan fingerprint density at radius 3 is 2.62 bits per heavy atom. The Balaban J connectivity index is 2.30. The summed E-state index contributed by atoms with van der Waals surface area (Å²) in [6.07, 6.45) is 3.08. The zero-order valence-corrected chi connectivity index (χ0v) is 14.7. The van der Waals surface area contributed by atoms with Crippen molar-refractivity contribution in [2.45, 2.75) is 59.9 Å². The first-order valence-corrected chi connectivity index (χ1v) is 8.38. The average Bonchev–Trinajstić information content (AvgIpc) is 2.76. The molecular formula is C16H29N3OS. The molecule has 120 valence electrons. The van der Waals surface area contributed by atoms with Crippen LogP contribution in [0.3, 0.4) is 0 Å². The minimum Gasteiger partial charge on any atom is -0.409 e. The molecule has 1 rings (SSSR count). The van der Waals surface area contributed by atoms with Gasteiger partial charge in [-0.15, -0.1) is 11.3 Å². The van der Waals surface area contributed by atoms with E-state index in [2.05, 4.69) is 37.3 Å². The molecule has 4 N–H and O–H groups in total. The van der Waals surface area contributed by atoms with Crippen LogP contribution in [0.15, 0.2) is 11.2 Å². The zero-order valence-electron chi connectivity index (χ0n) is 13.9. The second-order valence-electron chi connectivity index (χ2n) is 6.37. The van der Waals surface area contributed by atoms with Crippen molar-refractivity contribution in [3.05, 3.63) is 21.4 Å². The number of oxime groups is 1. The van der Waals surface area contributed by atoms with Gasteiger partial charge >= 0.3 is 0 Å². The minimum absolute atomic E-state index is 0.235. The number of hydrogen-bond donors (Lipinski definition) is 3. The number of hydrogen-bond acceptors (Lipinski definition) is 4. The van der Waals surface area contributed by atoms with E-state index in [1.54, 1.807) is 0 Å². The van der Waals surface area contributed by atoms with Crippen LogP contribution in [0.4, 0.5) is 0 Å². The summed E-state index contributed by atoms with van der Waals surface area (Å²) in [5.41, 5.74) is 6.87. The summed E-state index contributed by atoms with van der Waals surface area (Å²) in [7, 11) is 0. The summed E-state index contributed by atoms with van der Waals surface area (Å²) < 4.78 is 0. The molecule has 4 nitrogen and oxygen atoms in total. The van der Waals surface area contributed by atoms with Crippen LogP contribution in [-0.4, -0.2) is 17.6 Å². The van der Waals surface area contributed by atoms with Crippen molar-refractivity contribution in [1.82, 2.24) is 5.32 Å². The van der Waals surface area contributed by atoms with E-state index in [0.717, 1.165) is 25.8 Å². The summed E-state index contributed by atoms with van der Waals surface area (Å²) in [6.45, 7) is 11.6. The van der Waals surface area contributed by atoms with Gasteiger partial charge in [-0.2, -0.15) is 0 Å². The number of thiophene rings is 1. The van der Waals surface area contributed by atoms with E-state index in [-0.39, 0.29) is 5.41 Å². The Hall–Kier alpha value is -1.07. The summed E-state index contributed by atoms with van der Waals surface area (Å²) in [5.74, 6) is 0.313. The second-order valence-corrected chi connectivity index (χ2v) is 7.83. The van der Waals surface area contributed by atoms with Gasteiger partial charge in [0.05, 0.1) is 0 Å². The van der Waals surface area contributed by atoms with Crippen LogP contribution in [0.2, 0.25) is 0 Å². The van der Waals surface area contributed by atoms with Gasteiger partial charge in [0.25, 0.3) is 0 Å². The number of rotatable bonds is 8. The van der Waals surface area contributed by atoms with E-state index in [0.29, 0.717) is 11.9 Å². The van der Waals surface area contributed by atoms with E-state index in [1.165, 1.54) is 15.3 Å². The number of nitrogens with two attached hydrogens (primary N) is 1. The number of amidine groups is 1. The molecule has 5 heteroatoms. The SMILES string of the molecule is Cc1cc(C(C)NCCCCC(C)(C)/C(N)=N/O)c(C)s1. The maximum atomic E-state index is 8.75. The van der Waals surface area contributed by atoms with Crippen molar-refractivity contribution >= 4 is 17.2 Å².